The highest BCUT2D eigenvalue weighted by molar-refractivity contribution is 7.99. The van der Waals surface area contributed by atoms with Crippen molar-refractivity contribution in [3.63, 3.8) is 0 Å². The summed E-state index contributed by atoms with van der Waals surface area (Å²) in [6.45, 7) is 3.08. The van der Waals surface area contributed by atoms with Crippen LogP contribution in [0.3, 0.4) is 0 Å². The highest BCUT2D eigenvalue weighted by atomic mass is 32.2. The number of hydrogen-bond acceptors (Lipinski definition) is 4. The van der Waals surface area contributed by atoms with Gasteiger partial charge in [0.15, 0.2) is 0 Å². The lowest BCUT2D eigenvalue weighted by atomic mass is 9.91. The summed E-state index contributed by atoms with van der Waals surface area (Å²) in [4.78, 5) is 5.61. The summed E-state index contributed by atoms with van der Waals surface area (Å²) in [5.74, 6) is 1.19. The van der Waals surface area contributed by atoms with E-state index in [1.165, 1.54) is 35.5 Å². The van der Waals surface area contributed by atoms with Gasteiger partial charge >= 0.3 is 0 Å². The molecule has 4 heteroatoms. The predicted octanol–water partition coefficient (Wildman–Crippen LogP) is 4.25. The molecule has 3 nitrogen and oxygen atoms in total. The van der Waals surface area contributed by atoms with Crippen LogP contribution in [0.25, 0.3) is 11.1 Å². The van der Waals surface area contributed by atoms with Gasteiger partial charge in [-0.2, -0.15) is 0 Å². The van der Waals surface area contributed by atoms with Crippen molar-refractivity contribution in [3.8, 4) is 11.1 Å². The Bertz CT molecular complexity index is 721. The average Bonchev–Trinajstić information content (AvgIpc) is 3.39. The first-order valence-corrected chi connectivity index (χ1v) is 9.61. The van der Waals surface area contributed by atoms with E-state index in [0.29, 0.717) is 18.6 Å². The monoisotopic (exact) mass is 341 g/mol. The number of pyridine rings is 1. The third-order valence-corrected chi connectivity index (χ3v) is 6.86. The van der Waals surface area contributed by atoms with E-state index < -0.39 is 5.60 Å². The van der Waals surface area contributed by atoms with E-state index in [1.54, 1.807) is 0 Å². The van der Waals surface area contributed by atoms with Crippen molar-refractivity contribution in [1.29, 1.82) is 0 Å². The van der Waals surface area contributed by atoms with Crippen LogP contribution in [0.4, 0.5) is 0 Å². The summed E-state index contributed by atoms with van der Waals surface area (Å²) >= 11 is 1.95. The normalized spacial score (nSPS) is 20.4. The summed E-state index contributed by atoms with van der Waals surface area (Å²) in [5.41, 5.74) is 3.03. The molecule has 0 amide bonds. The Labute approximate surface area is 147 Å². The van der Waals surface area contributed by atoms with Crippen LogP contribution in [0.5, 0.6) is 0 Å². The van der Waals surface area contributed by atoms with E-state index in [4.69, 9.17) is 4.74 Å². The molecule has 24 heavy (non-hydrogen) atoms. The fourth-order valence-electron chi connectivity index (χ4n) is 3.15. The number of hydrogen-bond donors (Lipinski definition) is 1. The Morgan fingerprint density at radius 1 is 1.17 bits per heavy atom. The third kappa shape index (κ3) is 2.99. The van der Waals surface area contributed by atoms with E-state index in [2.05, 4.69) is 30.1 Å². The first-order valence-electron chi connectivity index (χ1n) is 8.62. The van der Waals surface area contributed by atoms with Crippen LogP contribution in [0.1, 0.15) is 31.7 Å². The second kappa shape index (κ2) is 6.17. The molecule has 0 bridgehead atoms. The van der Waals surface area contributed by atoms with E-state index >= 15 is 0 Å². The molecule has 4 rings (SSSR count). The lowest BCUT2D eigenvalue weighted by Crippen LogP contribution is -2.46. The Hall–Kier alpha value is -1.36. The van der Waals surface area contributed by atoms with Gasteiger partial charge in [-0.15, -0.1) is 11.8 Å². The van der Waals surface area contributed by atoms with Gasteiger partial charge in [0, 0.05) is 28.6 Å². The van der Waals surface area contributed by atoms with Gasteiger partial charge in [-0.1, -0.05) is 31.2 Å². The summed E-state index contributed by atoms with van der Waals surface area (Å²) in [7, 11) is 0. The van der Waals surface area contributed by atoms with Crippen molar-refractivity contribution in [2.75, 3.05) is 19.0 Å². The molecule has 1 saturated heterocycles. The minimum atomic E-state index is -0.801. The van der Waals surface area contributed by atoms with E-state index in [-0.39, 0.29) is 0 Å². The SMILES string of the molecule is CCC1(CSc2ccncc2-c2ccc(C3(O)COC3)cc2)CC1. The van der Waals surface area contributed by atoms with Crippen LogP contribution in [-0.4, -0.2) is 29.1 Å². The Morgan fingerprint density at radius 2 is 1.92 bits per heavy atom. The average molecular weight is 341 g/mol. The molecule has 1 aromatic carbocycles. The molecule has 126 valence electrons. The largest absolute Gasteiger partial charge is 0.380 e. The number of thioether (sulfide) groups is 1. The number of ether oxygens (including phenoxy) is 1. The van der Waals surface area contributed by atoms with E-state index in [9.17, 15) is 5.11 Å². The highest BCUT2D eigenvalue weighted by Gasteiger charge is 2.40. The maximum absolute atomic E-state index is 10.4. The zero-order chi connectivity index (χ0) is 16.6. The molecule has 1 N–H and O–H groups in total. The summed E-state index contributed by atoms with van der Waals surface area (Å²) in [5, 5.41) is 10.4. The highest BCUT2D eigenvalue weighted by Crippen LogP contribution is 2.52. The minimum absolute atomic E-state index is 0.388. The van der Waals surface area contributed by atoms with Crippen LogP contribution in [0.2, 0.25) is 0 Å². The fourth-order valence-corrected chi connectivity index (χ4v) is 4.59. The molecular formula is C20H23NO2S. The quantitative estimate of drug-likeness (QED) is 0.798. The molecule has 2 fully saturated rings. The molecule has 1 aromatic heterocycles. The molecule has 1 aliphatic carbocycles. The van der Waals surface area contributed by atoms with Crippen molar-refractivity contribution in [3.05, 3.63) is 48.3 Å². The smallest absolute Gasteiger partial charge is 0.136 e. The Morgan fingerprint density at radius 3 is 2.50 bits per heavy atom. The van der Waals surface area contributed by atoms with Crippen LogP contribution < -0.4 is 0 Å². The fraction of sp³-hybridized carbons (Fsp3) is 0.450. The molecular weight excluding hydrogens is 318 g/mol. The molecule has 0 unspecified atom stereocenters. The first-order chi connectivity index (χ1) is 11.6. The lowest BCUT2D eigenvalue weighted by molar-refractivity contribution is -0.184. The van der Waals surface area contributed by atoms with E-state index in [0.717, 1.165) is 11.1 Å². The predicted molar refractivity (Wildman–Crippen MR) is 97.1 cm³/mol. The Kier molecular flexibility index (Phi) is 4.15. The topological polar surface area (TPSA) is 42.4 Å². The summed E-state index contributed by atoms with van der Waals surface area (Å²) in [6, 6.07) is 10.3. The van der Waals surface area contributed by atoms with Crippen molar-refractivity contribution >= 4 is 11.8 Å². The number of benzene rings is 1. The van der Waals surface area contributed by atoms with Gasteiger partial charge in [-0.3, -0.25) is 4.98 Å². The van der Waals surface area contributed by atoms with Crippen LogP contribution in [0, 0.1) is 5.41 Å². The molecule has 2 heterocycles. The molecule has 0 spiro atoms. The van der Waals surface area contributed by atoms with Crippen molar-refractivity contribution in [1.82, 2.24) is 4.98 Å². The van der Waals surface area contributed by atoms with Crippen molar-refractivity contribution in [2.24, 2.45) is 5.41 Å². The number of rotatable bonds is 6. The van der Waals surface area contributed by atoms with Gasteiger partial charge in [0.05, 0.1) is 13.2 Å². The summed E-state index contributed by atoms with van der Waals surface area (Å²) in [6.07, 6.45) is 7.83. The maximum atomic E-state index is 10.4. The lowest BCUT2D eigenvalue weighted by Gasteiger charge is -2.36. The zero-order valence-corrected chi connectivity index (χ0v) is 14.8. The van der Waals surface area contributed by atoms with Crippen LogP contribution >= 0.6 is 11.8 Å². The Balaban J connectivity index is 1.55. The zero-order valence-electron chi connectivity index (χ0n) is 14.0. The maximum Gasteiger partial charge on any atom is 0.136 e. The molecule has 2 aliphatic rings. The number of aromatic nitrogens is 1. The molecule has 1 saturated carbocycles. The third-order valence-electron chi connectivity index (χ3n) is 5.44. The van der Waals surface area contributed by atoms with Crippen molar-refractivity contribution in [2.45, 2.75) is 36.7 Å². The van der Waals surface area contributed by atoms with E-state index in [1.807, 2.05) is 36.3 Å². The number of aliphatic hydroxyl groups is 1. The molecule has 0 atom stereocenters. The molecule has 0 radical (unpaired) electrons. The second-order valence-corrected chi connectivity index (χ2v) is 8.13. The van der Waals surface area contributed by atoms with Gasteiger partial charge in [0.1, 0.15) is 5.60 Å². The number of nitrogens with zero attached hydrogens (tertiary/aromatic N) is 1. The van der Waals surface area contributed by atoms with Crippen LogP contribution in [0.15, 0.2) is 47.6 Å². The minimum Gasteiger partial charge on any atom is -0.380 e. The van der Waals surface area contributed by atoms with Gasteiger partial charge < -0.3 is 9.84 Å². The van der Waals surface area contributed by atoms with Crippen molar-refractivity contribution < 1.29 is 9.84 Å². The van der Waals surface area contributed by atoms with Crippen LogP contribution in [-0.2, 0) is 10.3 Å². The first kappa shape index (κ1) is 16.1. The van der Waals surface area contributed by atoms with Gasteiger partial charge in [0.25, 0.3) is 0 Å². The summed E-state index contributed by atoms with van der Waals surface area (Å²) < 4.78 is 5.14. The van der Waals surface area contributed by atoms with Gasteiger partial charge in [-0.05, 0) is 41.9 Å². The standard InChI is InChI=1S/C20H23NO2S/c1-2-19(8-9-19)14-24-18-7-10-21-11-17(18)15-3-5-16(6-4-15)20(22)12-23-13-20/h3-7,10-11,22H,2,8-9,12-14H2,1H3. The van der Waals surface area contributed by atoms with Gasteiger partial charge in [0.2, 0.25) is 0 Å². The molecule has 1 aliphatic heterocycles. The van der Waals surface area contributed by atoms with Gasteiger partial charge in [-0.25, -0.2) is 0 Å². The molecule has 2 aromatic rings. The second-order valence-electron chi connectivity index (χ2n) is 7.12.